The number of nitrogens with one attached hydrogen (secondary N) is 1. The number of rotatable bonds is 6. The molecule has 0 fully saturated rings. The number of nitrogens with zero attached hydrogens (tertiary/aromatic N) is 1. The topological polar surface area (TPSA) is 60.5 Å². The molecule has 5 nitrogen and oxygen atoms in total. The van der Waals surface area contributed by atoms with E-state index in [9.17, 15) is 4.79 Å². The zero-order valence-electron chi connectivity index (χ0n) is 14.7. The minimum atomic E-state index is -0.254. The van der Waals surface area contributed by atoms with E-state index in [1.807, 2.05) is 36.4 Å². The average molecular weight is 435 g/mol. The van der Waals surface area contributed by atoms with E-state index >= 15 is 0 Å². The molecule has 26 heavy (non-hydrogen) atoms. The minimum absolute atomic E-state index is 0.0845. The molecular weight excluding hydrogens is 416 g/mol. The molecule has 7 heteroatoms. The van der Waals surface area contributed by atoms with E-state index in [0.717, 1.165) is 20.4 Å². The third kappa shape index (κ3) is 4.34. The first-order valence-corrected chi connectivity index (χ1v) is 9.74. The van der Waals surface area contributed by atoms with E-state index in [4.69, 9.17) is 9.47 Å². The molecule has 0 spiro atoms. The number of hydrogen-bond donors (Lipinski definition) is 1. The molecule has 2 aromatic carbocycles. The predicted molar refractivity (Wildman–Crippen MR) is 109 cm³/mol. The number of halogens is 1. The summed E-state index contributed by atoms with van der Waals surface area (Å²) in [5.41, 5.74) is 2.03. The van der Waals surface area contributed by atoms with E-state index in [1.54, 1.807) is 7.11 Å². The molecule has 3 aromatic rings. The Morgan fingerprint density at radius 3 is 2.77 bits per heavy atom. The van der Waals surface area contributed by atoms with E-state index in [2.05, 4.69) is 40.1 Å². The fraction of sp³-hybridized carbons (Fsp3) is 0.263. The molecular formula is C19H19BrN2O3S. The number of fused-ring (bicyclic) bond motifs is 1. The first-order chi connectivity index (χ1) is 12.5. The second-order valence-corrected chi connectivity index (χ2v) is 7.92. The van der Waals surface area contributed by atoms with Crippen LogP contribution in [0.1, 0.15) is 25.3 Å². The molecule has 0 saturated carbocycles. The van der Waals surface area contributed by atoms with Gasteiger partial charge in [0.15, 0.2) is 11.7 Å². The second-order valence-electron chi connectivity index (χ2n) is 6.03. The largest absolute Gasteiger partial charge is 0.497 e. The lowest BCUT2D eigenvalue weighted by Gasteiger charge is -2.11. The molecule has 0 bridgehead atoms. The lowest BCUT2D eigenvalue weighted by Crippen LogP contribution is -2.20. The van der Waals surface area contributed by atoms with Crippen LogP contribution >= 0.6 is 27.3 Å². The predicted octanol–water partition coefficient (Wildman–Crippen LogP) is 5.21. The van der Waals surface area contributed by atoms with Crippen LogP contribution in [0.25, 0.3) is 10.2 Å². The van der Waals surface area contributed by atoms with Crippen LogP contribution in [0.15, 0.2) is 40.9 Å². The van der Waals surface area contributed by atoms with Gasteiger partial charge in [-0.15, -0.1) is 0 Å². The minimum Gasteiger partial charge on any atom is -0.497 e. The summed E-state index contributed by atoms with van der Waals surface area (Å²) >= 11 is 4.89. The summed E-state index contributed by atoms with van der Waals surface area (Å²) in [7, 11) is 1.62. The van der Waals surface area contributed by atoms with Crippen molar-refractivity contribution in [1.82, 2.24) is 4.98 Å². The highest BCUT2D eigenvalue weighted by atomic mass is 79.9. The van der Waals surface area contributed by atoms with E-state index in [1.165, 1.54) is 16.9 Å². The summed E-state index contributed by atoms with van der Waals surface area (Å²) in [6.07, 6.45) is 0. The number of carbonyl (C=O) groups excluding carboxylic acids is 1. The van der Waals surface area contributed by atoms with E-state index in [-0.39, 0.29) is 12.5 Å². The Balaban J connectivity index is 1.62. The highest BCUT2D eigenvalue weighted by Crippen LogP contribution is 2.30. The Morgan fingerprint density at radius 1 is 1.27 bits per heavy atom. The molecule has 0 aliphatic heterocycles. The summed E-state index contributed by atoms with van der Waals surface area (Å²) < 4.78 is 12.6. The van der Waals surface area contributed by atoms with Crippen molar-refractivity contribution in [2.75, 3.05) is 19.0 Å². The maximum absolute atomic E-state index is 12.2. The maximum Gasteiger partial charge on any atom is 0.264 e. The van der Waals surface area contributed by atoms with Gasteiger partial charge < -0.3 is 9.47 Å². The van der Waals surface area contributed by atoms with Crippen molar-refractivity contribution in [3.05, 3.63) is 46.4 Å². The first kappa shape index (κ1) is 18.7. The molecule has 0 saturated heterocycles. The third-order valence-electron chi connectivity index (χ3n) is 3.82. The Labute approximate surface area is 164 Å². The van der Waals surface area contributed by atoms with Crippen molar-refractivity contribution in [1.29, 1.82) is 0 Å². The number of hydrogen-bond acceptors (Lipinski definition) is 5. The van der Waals surface area contributed by atoms with Crippen molar-refractivity contribution < 1.29 is 14.3 Å². The van der Waals surface area contributed by atoms with Crippen molar-refractivity contribution in [3.63, 3.8) is 0 Å². The van der Waals surface area contributed by atoms with Crippen LogP contribution in [-0.4, -0.2) is 24.6 Å². The Hall–Kier alpha value is -2.12. The number of aromatic nitrogens is 1. The van der Waals surface area contributed by atoms with Gasteiger partial charge in [0.1, 0.15) is 11.5 Å². The normalized spacial score (nSPS) is 11.0. The van der Waals surface area contributed by atoms with Crippen molar-refractivity contribution in [3.8, 4) is 11.5 Å². The van der Waals surface area contributed by atoms with Crippen molar-refractivity contribution >= 4 is 48.5 Å². The van der Waals surface area contributed by atoms with Crippen LogP contribution < -0.4 is 14.8 Å². The third-order valence-corrected chi connectivity index (χ3v) is 5.38. The van der Waals surface area contributed by atoms with Crippen molar-refractivity contribution in [2.45, 2.75) is 19.8 Å². The highest BCUT2D eigenvalue weighted by Gasteiger charge is 2.11. The summed E-state index contributed by atoms with van der Waals surface area (Å²) in [5, 5.41) is 3.31. The Morgan fingerprint density at radius 2 is 2.08 bits per heavy atom. The van der Waals surface area contributed by atoms with Crippen LogP contribution in [0.3, 0.4) is 0 Å². The molecule has 3 rings (SSSR count). The molecule has 0 atom stereocenters. The molecule has 0 unspecified atom stereocenters. The van der Waals surface area contributed by atoms with Gasteiger partial charge in [-0.05, 0) is 57.7 Å². The fourth-order valence-corrected chi connectivity index (χ4v) is 3.80. The van der Waals surface area contributed by atoms with Gasteiger partial charge >= 0.3 is 0 Å². The summed E-state index contributed by atoms with van der Waals surface area (Å²) in [6.45, 7) is 4.17. The molecule has 0 aliphatic carbocycles. The standard InChI is InChI=1S/C19H19BrN2O3S/c1-11(2)12-4-7-16(14(20)8-12)25-10-18(23)22-19-21-15-6-5-13(24-3)9-17(15)26-19/h4-9,11H,10H2,1-3H3,(H,21,22,23). The van der Waals surface area contributed by atoms with Gasteiger partial charge in [0.25, 0.3) is 5.91 Å². The molecule has 1 N–H and O–H groups in total. The zero-order valence-corrected chi connectivity index (χ0v) is 17.1. The van der Waals surface area contributed by atoms with Crippen molar-refractivity contribution in [2.24, 2.45) is 0 Å². The Bertz CT molecular complexity index is 940. The summed E-state index contributed by atoms with van der Waals surface area (Å²) in [5.74, 6) is 1.58. The monoisotopic (exact) mass is 434 g/mol. The van der Waals surface area contributed by atoms with Crippen LogP contribution in [0.5, 0.6) is 11.5 Å². The van der Waals surface area contributed by atoms with E-state index < -0.39 is 0 Å². The lowest BCUT2D eigenvalue weighted by atomic mass is 10.0. The SMILES string of the molecule is COc1ccc2nc(NC(=O)COc3ccc(C(C)C)cc3Br)sc2c1. The number of carbonyl (C=O) groups is 1. The molecule has 1 heterocycles. The van der Waals surface area contributed by atoms with Gasteiger partial charge in [0.05, 0.1) is 21.8 Å². The second kappa shape index (κ2) is 8.05. The zero-order chi connectivity index (χ0) is 18.7. The molecule has 0 radical (unpaired) electrons. The maximum atomic E-state index is 12.2. The average Bonchev–Trinajstić information content (AvgIpc) is 3.01. The highest BCUT2D eigenvalue weighted by molar-refractivity contribution is 9.10. The number of methoxy groups -OCH3 is 1. The number of ether oxygens (including phenoxy) is 2. The molecule has 136 valence electrons. The van der Waals surface area contributed by atoms with Gasteiger partial charge in [0.2, 0.25) is 0 Å². The first-order valence-electron chi connectivity index (χ1n) is 8.13. The number of benzene rings is 2. The number of amides is 1. The molecule has 1 aromatic heterocycles. The van der Waals surface area contributed by atoms with Crippen LogP contribution in [-0.2, 0) is 4.79 Å². The number of thiazole rings is 1. The smallest absolute Gasteiger partial charge is 0.264 e. The van der Waals surface area contributed by atoms with Gasteiger partial charge in [-0.2, -0.15) is 0 Å². The fourth-order valence-electron chi connectivity index (χ4n) is 2.38. The van der Waals surface area contributed by atoms with Crippen LogP contribution in [0.4, 0.5) is 5.13 Å². The van der Waals surface area contributed by atoms with Gasteiger partial charge in [-0.25, -0.2) is 4.98 Å². The summed E-state index contributed by atoms with van der Waals surface area (Å²) in [6, 6.07) is 11.5. The van der Waals surface area contributed by atoms with Gasteiger partial charge in [-0.3, -0.25) is 10.1 Å². The van der Waals surface area contributed by atoms with E-state index in [0.29, 0.717) is 16.8 Å². The van der Waals surface area contributed by atoms with Gasteiger partial charge in [0, 0.05) is 0 Å². The molecule has 0 aliphatic rings. The van der Waals surface area contributed by atoms with Crippen LogP contribution in [0, 0.1) is 0 Å². The molecule has 1 amide bonds. The lowest BCUT2D eigenvalue weighted by molar-refractivity contribution is -0.118. The quantitative estimate of drug-likeness (QED) is 0.578. The summed E-state index contributed by atoms with van der Waals surface area (Å²) in [4.78, 5) is 16.6. The number of anilines is 1. The van der Waals surface area contributed by atoms with Crippen LogP contribution in [0.2, 0.25) is 0 Å². The van der Waals surface area contributed by atoms with Gasteiger partial charge in [-0.1, -0.05) is 31.3 Å². The Kier molecular flexibility index (Phi) is 5.78.